The Labute approximate surface area is 122 Å². The third-order valence-corrected chi connectivity index (χ3v) is 4.02. The number of likely N-dealkylation sites (tertiary alicyclic amines) is 1. The standard InChI is InChI=1S/C17H26N2O/c1-12-8-10-13(11-9-12)16-14(18)6-5-7-15(20)19(16)17(2,3)4/h8-11,14,16H,5-7,18H2,1-4H3. The molecule has 2 N–H and O–H groups in total. The lowest BCUT2D eigenvalue weighted by Crippen LogP contribution is -2.51. The van der Waals surface area contributed by atoms with E-state index in [1.807, 2.05) is 4.90 Å². The van der Waals surface area contributed by atoms with Crippen LogP contribution in [0.25, 0.3) is 0 Å². The second-order valence-corrected chi connectivity index (χ2v) is 6.85. The molecule has 1 heterocycles. The number of hydrogen-bond acceptors (Lipinski definition) is 2. The average Bonchev–Trinajstić information content (AvgIpc) is 2.49. The van der Waals surface area contributed by atoms with Gasteiger partial charge in [0, 0.05) is 18.0 Å². The predicted octanol–water partition coefficient (Wildman–Crippen LogP) is 3.17. The van der Waals surface area contributed by atoms with E-state index in [-0.39, 0.29) is 23.5 Å². The van der Waals surface area contributed by atoms with Crippen LogP contribution < -0.4 is 5.73 Å². The first kappa shape index (κ1) is 15.0. The third-order valence-electron chi connectivity index (χ3n) is 4.02. The lowest BCUT2D eigenvalue weighted by Gasteiger charge is -2.43. The SMILES string of the molecule is Cc1ccc(C2C(N)CCCC(=O)N2C(C)(C)C)cc1. The highest BCUT2D eigenvalue weighted by molar-refractivity contribution is 5.78. The molecule has 1 aliphatic rings. The minimum atomic E-state index is -0.214. The largest absolute Gasteiger partial charge is 0.329 e. The van der Waals surface area contributed by atoms with E-state index in [1.165, 1.54) is 5.56 Å². The second kappa shape index (κ2) is 5.57. The maximum absolute atomic E-state index is 12.5. The molecular weight excluding hydrogens is 248 g/mol. The van der Waals surface area contributed by atoms with E-state index in [9.17, 15) is 4.79 Å². The quantitative estimate of drug-likeness (QED) is 0.855. The molecule has 0 saturated carbocycles. The van der Waals surface area contributed by atoms with Crippen molar-refractivity contribution < 1.29 is 4.79 Å². The van der Waals surface area contributed by atoms with Gasteiger partial charge in [0.05, 0.1) is 6.04 Å². The van der Waals surface area contributed by atoms with Crippen molar-refractivity contribution in [2.24, 2.45) is 5.73 Å². The van der Waals surface area contributed by atoms with E-state index in [0.29, 0.717) is 6.42 Å². The van der Waals surface area contributed by atoms with Crippen LogP contribution in [0.3, 0.4) is 0 Å². The highest BCUT2D eigenvalue weighted by atomic mass is 16.2. The summed E-state index contributed by atoms with van der Waals surface area (Å²) in [4.78, 5) is 14.5. The molecule has 1 saturated heterocycles. The maximum atomic E-state index is 12.5. The first-order valence-corrected chi connectivity index (χ1v) is 7.45. The topological polar surface area (TPSA) is 46.3 Å². The van der Waals surface area contributed by atoms with Gasteiger partial charge in [0.15, 0.2) is 0 Å². The summed E-state index contributed by atoms with van der Waals surface area (Å²) >= 11 is 0. The normalized spacial score (nSPS) is 24.6. The Bertz CT molecular complexity index is 473. The summed E-state index contributed by atoms with van der Waals surface area (Å²) in [5.41, 5.74) is 8.56. The summed E-state index contributed by atoms with van der Waals surface area (Å²) in [7, 11) is 0. The zero-order chi connectivity index (χ0) is 14.9. The van der Waals surface area contributed by atoms with E-state index in [4.69, 9.17) is 5.73 Å². The minimum Gasteiger partial charge on any atom is -0.329 e. The van der Waals surface area contributed by atoms with Gasteiger partial charge in [-0.1, -0.05) is 29.8 Å². The molecule has 0 spiro atoms. The van der Waals surface area contributed by atoms with E-state index in [1.54, 1.807) is 0 Å². The zero-order valence-corrected chi connectivity index (χ0v) is 13.0. The number of benzene rings is 1. The molecule has 110 valence electrons. The Balaban J connectivity index is 2.46. The lowest BCUT2D eigenvalue weighted by molar-refractivity contribution is -0.139. The number of nitrogens with two attached hydrogens (primary N) is 1. The van der Waals surface area contributed by atoms with Gasteiger partial charge >= 0.3 is 0 Å². The summed E-state index contributed by atoms with van der Waals surface area (Å²) in [6.07, 6.45) is 2.39. The Morgan fingerprint density at radius 2 is 1.80 bits per heavy atom. The van der Waals surface area contributed by atoms with Crippen molar-refractivity contribution in [2.75, 3.05) is 0 Å². The Kier molecular flexibility index (Phi) is 4.19. The third kappa shape index (κ3) is 3.04. The van der Waals surface area contributed by atoms with Gasteiger partial charge in [-0.05, 0) is 46.1 Å². The molecule has 2 rings (SSSR count). The number of carbonyl (C=O) groups excluding carboxylic acids is 1. The lowest BCUT2D eigenvalue weighted by atomic mass is 9.92. The molecule has 0 aromatic heterocycles. The van der Waals surface area contributed by atoms with Gasteiger partial charge in [0.25, 0.3) is 0 Å². The summed E-state index contributed by atoms with van der Waals surface area (Å²) in [6, 6.07) is 8.39. The summed E-state index contributed by atoms with van der Waals surface area (Å²) in [5, 5.41) is 0. The fraction of sp³-hybridized carbons (Fsp3) is 0.588. The zero-order valence-electron chi connectivity index (χ0n) is 13.0. The minimum absolute atomic E-state index is 0.00313. The van der Waals surface area contributed by atoms with Gasteiger partial charge in [-0.15, -0.1) is 0 Å². The molecule has 0 bridgehead atoms. The number of carbonyl (C=O) groups is 1. The molecule has 0 radical (unpaired) electrons. The first-order chi connectivity index (χ1) is 9.30. The fourth-order valence-corrected chi connectivity index (χ4v) is 3.07. The van der Waals surface area contributed by atoms with Gasteiger partial charge < -0.3 is 10.6 Å². The average molecular weight is 274 g/mol. The van der Waals surface area contributed by atoms with Crippen molar-refractivity contribution in [2.45, 2.75) is 64.6 Å². The second-order valence-electron chi connectivity index (χ2n) is 6.85. The van der Waals surface area contributed by atoms with Gasteiger partial charge in [0.1, 0.15) is 0 Å². The molecule has 1 aliphatic heterocycles. The van der Waals surface area contributed by atoms with Crippen molar-refractivity contribution in [1.29, 1.82) is 0 Å². The number of aryl methyl sites for hydroxylation is 1. The van der Waals surface area contributed by atoms with Gasteiger partial charge in [0.2, 0.25) is 5.91 Å². The number of hydrogen-bond donors (Lipinski definition) is 1. The monoisotopic (exact) mass is 274 g/mol. The highest BCUT2D eigenvalue weighted by Gasteiger charge is 2.38. The molecule has 3 nitrogen and oxygen atoms in total. The van der Waals surface area contributed by atoms with Gasteiger partial charge in [-0.25, -0.2) is 0 Å². The molecule has 20 heavy (non-hydrogen) atoms. The Morgan fingerprint density at radius 1 is 1.20 bits per heavy atom. The molecule has 1 aromatic carbocycles. The van der Waals surface area contributed by atoms with Crippen LogP contribution in [-0.4, -0.2) is 22.4 Å². The van der Waals surface area contributed by atoms with E-state index in [2.05, 4.69) is 52.0 Å². The van der Waals surface area contributed by atoms with Crippen LogP contribution in [0.4, 0.5) is 0 Å². The molecule has 3 heteroatoms. The predicted molar refractivity (Wildman–Crippen MR) is 82.3 cm³/mol. The van der Waals surface area contributed by atoms with Crippen molar-refractivity contribution in [3.8, 4) is 0 Å². The van der Waals surface area contributed by atoms with Crippen LogP contribution in [0.1, 0.15) is 57.2 Å². The smallest absolute Gasteiger partial charge is 0.223 e. The maximum Gasteiger partial charge on any atom is 0.223 e. The van der Waals surface area contributed by atoms with Crippen molar-refractivity contribution in [3.05, 3.63) is 35.4 Å². The van der Waals surface area contributed by atoms with Gasteiger partial charge in [-0.3, -0.25) is 4.79 Å². The van der Waals surface area contributed by atoms with Gasteiger partial charge in [-0.2, -0.15) is 0 Å². The molecule has 1 fully saturated rings. The Hall–Kier alpha value is -1.35. The van der Waals surface area contributed by atoms with Crippen molar-refractivity contribution >= 4 is 5.91 Å². The van der Waals surface area contributed by atoms with Crippen LogP contribution in [0.2, 0.25) is 0 Å². The molecule has 1 amide bonds. The van der Waals surface area contributed by atoms with E-state index < -0.39 is 0 Å². The summed E-state index contributed by atoms with van der Waals surface area (Å²) in [5.74, 6) is 0.219. The van der Waals surface area contributed by atoms with Crippen molar-refractivity contribution in [3.63, 3.8) is 0 Å². The summed E-state index contributed by atoms with van der Waals surface area (Å²) in [6.45, 7) is 8.34. The number of rotatable bonds is 1. The number of amides is 1. The van der Waals surface area contributed by atoms with E-state index >= 15 is 0 Å². The molecular formula is C17H26N2O. The van der Waals surface area contributed by atoms with Crippen LogP contribution in [-0.2, 0) is 4.79 Å². The van der Waals surface area contributed by atoms with Crippen LogP contribution in [0, 0.1) is 6.92 Å². The van der Waals surface area contributed by atoms with E-state index in [0.717, 1.165) is 18.4 Å². The Morgan fingerprint density at radius 3 is 2.35 bits per heavy atom. The van der Waals surface area contributed by atoms with Crippen LogP contribution in [0.5, 0.6) is 0 Å². The highest BCUT2D eigenvalue weighted by Crippen LogP contribution is 2.35. The summed E-state index contributed by atoms with van der Waals surface area (Å²) < 4.78 is 0. The molecule has 0 aliphatic carbocycles. The molecule has 2 atom stereocenters. The molecule has 2 unspecified atom stereocenters. The number of nitrogens with zero attached hydrogens (tertiary/aromatic N) is 1. The van der Waals surface area contributed by atoms with Crippen LogP contribution >= 0.6 is 0 Å². The van der Waals surface area contributed by atoms with Crippen LogP contribution in [0.15, 0.2) is 24.3 Å². The van der Waals surface area contributed by atoms with Crippen molar-refractivity contribution in [1.82, 2.24) is 4.90 Å². The first-order valence-electron chi connectivity index (χ1n) is 7.45. The fourth-order valence-electron chi connectivity index (χ4n) is 3.07. The molecule has 1 aromatic rings.